The van der Waals surface area contributed by atoms with Crippen molar-refractivity contribution in [1.29, 1.82) is 0 Å². The average molecular weight is 883 g/mol. The molecule has 7 rings (SSSR count). The maximum Gasteiger partial charge on any atom is 0.424 e. The largest absolute Gasteiger partial charge is 0.443 e. The minimum Gasteiger partial charge on any atom is -0.443 e. The van der Waals surface area contributed by atoms with Crippen molar-refractivity contribution in [3.8, 4) is 0 Å². The van der Waals surface area contributed by atoms with E-state index in [4.69, 9.17) is 9.47 Å². The van der Waals surface area contributed by atoms with Gasteiger partial charge in [-0.05, 0) is 104 Å². The van der Waals surface area contributed by atoms with Gasteiger partial charge in [0.25, 0.3) is 35.4 Å². The number of likely N-dealkylation sites (tertiary alicyclic amines) is 2. The van der Waals surface area contributed by atoms with Gasteiger partial charge in [-0.15, -0.1) is 0 Å². The van der Waals surface area contributed by atoms with Crippen LogP contribution in [0.3, 0.4) is 0 Å². The minimum absolute atomic E-state index is 0.0109. The third-order valence-electron chi connectivity index (χ3n) is 11.4. The normalized spacial score (nSPS) is 22.7. The van der Waals surface area contributed by atoms with Gasteiger partial charge in [0.1, 0.15) is 23.3 Å². The van der Waals surface area contributed by atoms with Crippen LogP contribution in [0.15, 0.2) is 36.4 Å². The zero-order chi connectivity index (χ0) is 46.7. The van der Waals surface area contributed by atoms with Crippen LogP contribution in [0.2, 0.25) is 0 Å². The first-order valence-corrected chi connectivity index (χ1v) is 20.8. The topological polar surface area (TPSA) is 260 Å². The molecule has 2 atom stereocenters. The summed E-state index contributed by atoms with van der Waals surface area (Å²) in [6.07, 6.45) is -2.59. The molecule has 20 heteroatoms. The Morgan fingerprint density at radius 2 is 0.859 bits per heavy atom. The molecule has 12 amide bonds. The molecule has 336 valence electrons. The van der Waals surface area contributed by atoms with Crippen molar-refractivity contribution < 1.29 is 67.0 Å². The van der Waals surface area contributed by atoms with Crippen molar-refractivity contribution in [3.05, 3.63) is 58.7 Å². The lowest BCUT2D eigenvalue weighted by molar-refractivity contribution is -0.151. The SMILES string of the molecule is CC(C)(C)OC(=O)N1C(=O)CCC(N2C(=O)c3cccc(NC(=O)C4CCC(C(=O)Nc5cccc6c5C(=O)N(C5CCC(=O)N(C(=O)OC(C)(C)C)C5=O)C6=O)CC4)c3C2=O)C1=O. The number of hydrogen-bond acceptors (Lipinski definition) is 14. The molecular weight excluding hydrogens is 837 g/mol. The summed E-state index contributed by atoms with van der Waals surface area (Å²) in [5.41, 5.74) is -2.56. The molecule has 4 aliphatic heterocycles. The van der Waals surface area contributed by atoms with E-state index in [0.717, 1.165) is 0 Å². The highest BCUT2D eigenvalue weighted by molar-refractivity contribution is 6.28. The number of piperidine rings is 2. The van der Waals surface area contributed by atoms with Gasteiger partial charge in [-0.25, -0.2) is 9.59 Å². The molecule has 0 radical (unpaired) electrons. The predicted octanol–water partition coefficient (Wildman–Crippen LogP) is 4.17. The van der Waals surface area contributed by atoms with Gasteiger partial charge >= 0.3 is 12.2 Å². The van der Waals surface area contributed by atoms with E-state index in [-0.39, 0.29) is 85.0 Å². The first-order valence-electron chi connectivity index (χ1n) is 20.8. The van der Waals surface area contributed by atoms with Gasteiger partial charge < -0.3 is 20.1 Å². The lowest BCUT2D eigenvalue weighted by atomic mass is 9.81. The third-order valence-corrected chi connectivity index (χ3v) is 11.4. The third kappa shape index (κ3) is 8.26. The van der Waals surface area contributed by atoms with Crippen molar-refractivity contribution >= 4 is 82.6 Å². The zero-order valence-corrected chi connectivity index (χ0v) is 35.9. The van der Waals surface area contributed by atoms with E-state index < -0.39 is 106 Å². The molecule has 0 aromatic heterocycles. The monoisotopic (exact) mass is 882 g/mol. The molecule has 4 heterocycles. The summed E-state index contributed by atoms with van der Waals surface area (Å²) in [4.78, 5) is 162. The van der Waals surface area contributed by atoms with E-state index in [1.54, 1.807) is 41.5 Å². The van der Waals surface area contributed by atoms with Crippen LogP contribution in [0.25, 0.3) is 0 Å². The van der Waals surface area contributed by atoms with Crippen LogP contribution in [-0.4, -0.2) is 114 Å². The maximum atomic E-state index is 13.8. The molecule has 1 saturated carbocycles. The molecule has 1 aliphatic carbocycles. The maximum absolute atomic E-state index is 13.8. The number of rotatable bonds is 6. The Bertz CT molecular complexity index is 2310. The first kappa shape index (κ1) is 44.9. The van der Waals surface area contributed by atoms with Crippen molar-refractivity contribution in [3.63, 3.8) is 0 Å². The van der Waals surface area contributed by atoms with Gasteiger partial charge in [-0.3, -0.25) is 57.7 Å². The summed E-state index contributed by atoms with van der Waals surface area (Å²) in [5.74, 6) is -9.54. The van der Waals surface area contributed by atoms with Gasteiger partial charge in [-0.1, -0.05) is 12.1 Å². The summed E-state index contributed by atoms with van der Waals surface area (Å²) < 4.78 is 10.4. The van der Waals surface area contributed by atoms with Crippen LogP contribution >= 0.6 is 0 Å². The average Bonchev–Trinajstić information content (AvgIpc) is 3.61. The Balaban J connectivity index is 0.982. The van der Waals surface area contributed by atoms with E-state index in [1.165, 1.54) is 36.4 Å². The van der Waals surface area contributed by atoms with Crippen molar-refractivity contribution in [2.75, 3.05) is 10.6 Å². The van der Waals surface area contributed by atoms with E-state index in [2.05, 4.69) is 10.6 Å². The van der Waals surface area contributed by atoms with E-state index in [0.29, 0.717) is 19.6 Å². The van der Waals surface area contributed by atoms with Crippen molar-refractivity contribution in [2.24, 2.45) is 11.8 Å². The molecule has 2 aromatic rings. The predicted molar refractivity (Wildman–Crippen MR) is 219 cm³/mol. The van der Waals surface area contributed by atoms with Gasteiger partial charge in [0.05, 0.1) is 33.6 Å². The number of fused-ring (bicyclic) bond motifs is 2. The molecule has 2 N–H and O–H groups in total. The highest BCUT2D eigenvalue weighted by Crippen LogP contribution is 2.38. The molecule has 64 heavy (non-hydrogen) atoms. The van der Waals surface area contributed by atoms with Crippen molar-refractivity contribution in [1.82, 2.24) is 19.6 Å². The Morgan fingerprint density at radius 1 is 0.516 bits per heavy atom. The number of anilines is 2. The van der Waals surface area contributed by atoms with Gasteiger partial charge in [-0.2, -0.15) is 9.80 Å². The smallest absolute Gasteiger partial charge is 0.424 e. The molecule has 2 unspecified atom stereocenters. The number of benzene rings is 2. The number of nitrogens with zero attached hydrogens (tertiary/aromatic N) is 4. The van der Waals surface area contributed by atoms with Gasteiger partial charge in [0.15, 0.2) is 0 Å². The second-order valence-electron chi connectivity index (χ2n) is 18.1. The Morgan fingerprint density at radius 3 is 1.19 bits per heavy atom. The summed E-state index contributed by atoms with van der Waals surface area (Å²) in [6, 6.07) is 5.51. The Hall–Kier alpha value is -7.12. The number of hydrogen-bond donors (Lipinski definition) is 2. The number of carbonyl (C=O) groups is 12. The first-order chi connectivity index (χ1) is 30.0. The Kier molecular flexibility index (Phi) is 11.6. The van der Waals surface area contributed by atoms with E-state index in [1.807, 2.05) is 0 Å². The molecular formula is C44H46N6O14. The number of imide groups is 8. The lowest BCUT2D eigenvalue weighted by Gasteiger charge is -2.34. The fourth-order valence-corrected chi connectivity index (χ4v) is 8.48. The fraction of sp³-hybridized carbons (Fsp3) is 0.455. The fourth-order valence-electron chi connectivity index (χ4n) is 8.48. The summed E-state index contributed by atoms with van der Waals surface area (Å²) in [5, 5.41) is 5.45. The van der Waals surface area contributed by atoms with Crippen LogP contribution in [-0.2, 0) is 38.2 Å². The highest BCUT2D eigenvalue weighted by Gasteiger charge is 2.52. The number of ether oxygens (including phenoxy) is 2. The molecule has 0 bridgehead atoms. The van der Waals surface area contributed by atoms with Crippen LogP contribution in [0.4, 0.5) is 21.0 Å². The molecule has 2 saturated heterocycles. The molecule has 0 spiro atoms. The molecule has 5 aliphatic rings. The molecule has 2 aromatic carbocycles. The minimum atomic E-state index is -1.48. The zero-order valence-electron chi connectivity index (χ0n) is 35.9. The van der Waals surface area contributed by atoms with Gasteiger partial charge in [0.2, 0.25) is 23.6 Å². The van der Waals surface area contributed by atoms with Crippen molar-refractivity contribution in [2.45, 2.75) is 116 Å². The standard InChI is InChI=1S/C44H46N6O14/c1-43(2,3)63-41(61)49-29(51)19-17-27(37(49)57)47-35(55)23-9-7-11-25(31(23)39(47)59)45-33(53)21-13-15-22(16-14-21)34(54)46-26-12-8-10-24-32(26)40(60)48(36(24)56)28-18-20-30(52)50(38(28)58)42(62)64-44(4,5)6/h7-12,21-22,27-28H,13-20H2,1-6H3,(H,45,53)(H,46,54). The molecule has 3 fully saturated rings. The highest BCUT2D eigenvalue weighted by atomic mass is 16.6. The second kappa shape index (κ2) is 16.5. The number of nitrogens with one attached hydrogen (secondary N) is 2. The van der Waals surface area contributed by atoms with Gasteiger partial charge in [0, 0.05) is 24.7 Å². The molecule has 20 nitrogen and oxygen atoms in total. The van der Waals surface area contributed by atoms with E-state index in [9.17, 15) is 57.5 Å². The Labute approximate surface area is 365 Å². The lowest BCUT2D eigenvalue weighted by Crippen LogP contribution is -2.58. The second-order valence-corrected chi connectivity index (χ2v) is 18.1. The van der Waals surface area contributed by atoms with E-state index >= 15 is 0 Å². The van der Waals surface area contributed by atoms with Crippen LogP contribution in [0, 0.1) is 11.8 Å². The number of amides is 12. The van der Waals surface area contributed by atoms with Crippen LogP contribution in [0.1, 0.15) is 134 Å². The van der Waals surface area contributed by atoms with Crippen LogP contribution in [0.5, 0.6) is 0 Å². The number of carbonyl (C=O) groups excluding carboxylic acids is 12. The summed E-state index contributed by atoms with van der Waals surface area (Å²) in [6.45, 7) is 9.28. The summed E-state index contributed by atoms with van der Waals surface area (Å²) >= 11 is 0. The quantitative estimate of drug-likeness (QED) is 0.386. The van der Waals surface area contributed by atoms with Crippen LogP contribution < -0.4 is 10.6 Å². The summed E-state index contributed by atoms with van der Waals surface area (Å²) in [7, 11) is 0.